The van der Waals surface area contributed by atoms with Crippen molar-refractivity contribution in [2.24, 2.45) is 0 Å². The van der Waals surface area contributed by atoms with Gasteiger partial charge in [0.25, 0.3) is 5.97 Å². The van der Waals surface area contributed by atoms with Crippen LogP contribution in [0.1, 0.15) is 5.69 Å². The van der Waals surface area contributed by atoms with Crippen LogP contribution in [0.2, 0.25) is 0 Å². The Hall–Kier alpha value is -0.447. The quantitative estimate of drug-likeness (QED) is 0.793. The summed E-state index contributed by atoms with van der Waals surface area (Å²) in [7, 11) is 4.76. The largest absolute Gasteiger partial charge is 0.665 e. The van der Waals surface area contributed by atoms with Crippen LogP contribution in [0.25, 0.3) is 5.73 Å². The Labute approximate surface area is 89.4 Å². The molecule has 0 aliphatic rings. The molecule has 13 heavy (non-hydrogen) atoms. The molecule has 1 rings (SSSR count). The van der Waals surface area contributed by atoms with Gasteiger partial charge in [0.15, 0.2) is 0 Å². The van der Waals surface area contributed by atoms with Crippen LogP contribution in [0.3, 0.4) is 0 Å². The molecule has 3 N–H and O–H groups in total. The van der Waals surface area contributed by atoms with Crippen LogP contribution in [0.5, 0.6) is 0 Å². The monoisotopic (exact) mass is 253 g/mol. The van der Waals surface area contributed by atoms with Crippen molar-refractivity contribution < 1.29 is 27.2 Å². The molecule has 5 nitrogen and oxygen atoms in total. The topological polar surface area (TPSA) is 89.8 Å². The predicted molar refractivity (Wildman–Crippen MR) is 43.9 cm³/mol. The van der Waals surface area contributed by atoms with Gasteiger partial charge in [0.2, 0.25) is 0 Å². The second-order valence-electron chi connectivity index (χ2n) is 2.17. The van der Waals surface area contributed by atoms with E-state index in [1.807, 2.05) is 0 Å². The normalized spacial score (nSPS) is 11.4. The molecule has 1 heterocycles. The summed E-state index contributed by atoms with van der Waals surface area (Å²) in [5, 5.41) is 8.36. The fraction of sp³-hybridized carbons (Fsp3) is 0.333. The third-order valence-electron chi connectivity index (χ3n) is 1.28. The number of hydrogen-bond acceptors (Lipinski definition) is 2. The Morgan fingerprint density at radius 3 is 2.85 bits per heavy atom. The molecule has 7 heteroatoms. The van der Waals surface area contributed by atoms with Crippen LogP contribution >= 0.6 is 9.69 Å². The summed E-state index contributed by atoms with van der Waals surface area (Å²) in [6.07, 6.45) is 3.16. The number of carboxylic acid groups (broad SMARTS) is 1. The Morgan fingerprint density at radius 2 is 2.46 bits per heavy atom. The SMILES string of the molecule is [Cl][Zn+].[NH-]C(Cc1cnc[nH]1)C(=O)O. The molecular weight excluding hydrogens is 247 g/mol. The number of rotatable bonds is 3. The first-order valence-corrected chi connectivity index (χ1v) is 7.28. The standard InChI is InChI=1S/C6H8N3O2.ClH.Zn/c7-5(6(10)11)1-4-2-8-3-9-4;;/h2-3,5,7H,1H2,(H,8,9)(H,10,11);1H;/q-1;;+2/p-1. The van der Waals surface area contributed by atoms with Crippen LogP contribution < -0.4 is 0 Å². The van der Waals surface area contributed by atoms with Crippen molar-refractivity contribution in [3.05, 3.63) is 24.0 Å². The van der Waals surface area contributed by atoms with Gasteiger partial charge in [0, 0.05) is 11.9 Å². The van der Waals surface area contributed by atoms with Crippen molar-refractivity contribution >= 4 is 15.7 Å². The summed E-state index contributed by atoms with van der Waals surface area (Å²) in [6.45, 7) is 0. The summed E-state index contributed by atoms with van der Waals surface area (Å²) in [6, 6.07) is -1.10. The van der Waals surface area contributed by atoms with Crippen LogP contribution in [0.15, 0.2) is 12.5 Å². The fourth-order valence-corrected chi connectivity index (χ4v) is 0.704. The van der Waals surface area contributed by atoms with Gasteiger partial charge in [-0.05, 0) is 12.5 Å². The number of hydrogen-bond donors (Lipinski definition) is 2. The van der Waals surface area contributed by atoms with Crippen molar-refractivity contribution in [1.29, 1.82) is 0 Å². The van der Waals surface area contributed by atoms with Crippen LogP contribution in [0, 0.1) is 0 Å². The average Bonchev–Trinajstić information content (AvgIpc) is 2.60. The smallest absolute Gasteiger partial charge is 0.285 e. The van der Waals surface area contributed by atoms with Gasteiger partial charge >= 0.3 is 27.0 Å². The van der Waals surface area contributed by atoms with E-state index in [1.165, 1.54) is 12.5 Å². The van der Waals surface area contributed by atoms with Crippen molar-refractivity contribution in [3.63, 3.8) is 0 Å². The van der Waals surface area contributed by atoms with Gasteiger partial charge in [-0.25, -0.2) is 4.98 Å². The summed E-state index contributed by atoms with van der Waals surface area (Å²) >= 11 is 0.847. The number of nitrogens with one attached hydrogen (secondary N) is 2. The van der Waals surface area contributed by atoms with Gasteiger partial charge < -0.3 is 15.8 Å². The number of H-pyrrole nitrogens is 1. The molecule has 68 valence electrons. The van der Waals surface area contributed by atoms with E-state index < -0.39 is 12.0 Å². The van der Waals surface area contributed by atoms with E-state index in [1.54, 1.807) is 0 Å². The molecule has 0 saturated heterocycles. The molecule has 0 radical (unpaired) electrons. The van der Waals surface area contributed by atoms with Crippen molar-refractivity contribution in [2.75, 3.05) is 0 Å². The molecule has 0 fully saturated rings. The zero-order valence-corrected chi connectivity index (χ0v) is 10.5. The molecule has 1 aromatic heterocycles. The zero-order chi connectivity index (χ0) is 10.3. The first kappa shape index (κ1) is 12.6. The number of nitrogens with zero attached hydrogens (tertiary/aromatic N) is 1. The molecule has 0 aliphatic carbocycles. The first-order valence-electron chi connectivity index (χ1n) is 3.38. The van der Waals surface area contributed by atoms with Crippen molar-refractivity contribution in [2.45, 2.75) is 12.5 Å². The molecular formula is C6H8ClN3O2Zn. The number of aromatic amines is 1. The van der Waals surface area contributed by atoms with Crippen LogP contribution in [-0.4, -0.2) is 27.1 Å². The molecule has 0 saturated carbocycles. The number of aromatic nitrogens is 2. The van der Waals surface area contributed by atoms with E-state index in [2.05, 4.69) is 9.97 Å². The van der Waals surface area contributed by atoms with E-state index in [0.717, 1.165) is 17.3 Å². The Balaban J connectivity index is 0.000000671. The maximum absolute atomic E-state index is 10.2. The molecule has 0 amide bonds. The Kier molecular flexibility index (Phi) is 6.76. The second kappa shape index (κ2) is 7.00. The van der Waals surface area contributed by atoms with Gasteiger partial charge in [-0.15, -0.1) is 0 Å². The summed E-state index contributed by atoms with van der Waals surface area (Å²) in [5.74, 6) is -1.11. The van der Waals surface area contributed by atoms with Crippen LogP contribution in [-0.2, 0) is 28.5 Å². The van der Waals surface area contributed by atoms with E-state index in [4.69, 9.17) is 20.5 Å². The van der Waals surface area contributed by atoms with Crippen molar-refractivity contribution in [3.8, 4) is 0 Å². The molecule has 0 aliphatic heterocycles. The maximum atomic E-state index is 10.2. The Bertz CT molecular complexity index is 242. The molecule has 1 aromatic rings. The second-order valence-corrected chi connectivity index (χ2v) is 2.17. The molecule has 1 unspecified atom stereocenters. The molecule has 0 spiro atoms. The number of halogens is 1. The van der Waals surface area contributed by atoms with Gasteiger partial charge in [-0.3, -0.25) is 4.79 Å². The van der Waals surface area contributed by atoms with E-state index in [9.17, 15) is 4.79 Å². The Morgan fingerprint density at radius 1 is 1.85 bits per heavy atom. The molecule has 0 bridgehead atoms. The first-order chi connectivity index (χ1) is 6.20. The van der Waals surface area contributed by atoms with Gasteiger partial charge in [0.1, 0.15) is 0 Å². The van der Waals surface area contributed by atoms with Gasteiger partial charge in [0.05, 0.1) is 6.33 Å². The number of imidazole rings is 1. The van der Waals surface area contributed by atoms with Crippen LogP contribution in [0.4, 0.5) is 0 Å². The fourth-order valence-electron chi connectivity index (χ4n) is 0.704. The molecule has 1 atom stereocenters. The summed E-state index contributed by atoms with van der Waals surface area (Å²) in [5.41, 5.74) is 7.73. The zero-order valence-electron chi connectivity index (χ0n) is 6.83. The third kappa shape index (κ3) is 4.98. The average molecular weight is 255 g/mol. The summed E-state index contributed by atoms with van der Waals surface area (Å²) < 4.78 is 0. The third-order valence-corrected chi connectivity index (χ3v) is 1.28. The number of carboxylic acids is 1. The maximum Gasteiger partial charge on any atom is 0.285 e. The van der Waals surface area contributed by atoms with Gasteiger partial charge in [-0.1, -0.05) is 0 Å². The minimum absolute atomic E-state index is 0.176. The number of carbonyl (C=O) groups is 1. The molecule has 0 aromatic carbocycles. The van der Waals surface area contributed by atoms with Crippen molar-refractivity contribution in [1.82, 2.24) is 9.97 Å². The van der Waals surface area contributed by atoms with E-state index in [0.29, 0.717) is 5.69 Å². The minimum atomic E-state index is -1.11. The minimum Gasteiger partial charge on any atom is -0.665 e. The number of aliphatic carboxylic acids is 1. The summed E-state index contributed by atoms with van der Waals surface area (Å²) in [4.78, 5) is 16.6. The van der Waals surface area contributed by atoms with E-state index >= 15 is 0 Å². The van der Waals surface area contributed by atoms with Gasteiger partial charge in [-0.2, -0.15) is 0 Å². The predicted octanol–water partition coefficient (Wildman–Crippen LogP) is 1.14. The van der Waals surface area contributed by atoms with E-state index in [-0.39, 0.29) is 6.42 Å².